The Morgan fingerprint density at radius 2 is 2.05 bits per heavy atom. The van der Waals surface area contributed by atoms with Gasteiger partial charge in [0.05, 0.1) is 11.4 Å². The highest BCUT2D eigenvalue weighted by atomic mass is 32.2. The Labute approximate surface area is 112 Å². The number of nitrogens with one attached hydrogen (secondary N) is 1. The van der Waals surface area contributed by atoms with Gasteiger partial charge in [-0.2, -0.15) is 5.10 Å². The van der Waals surface area contributed by atoms with Gasteiger partial charge in [-0.1, -0.05) is 0 Å². The summed E-state index contributed by atoms with van der Waals surface area (Å²) >= 11 is 0. The maximum Gasteiger partial charge on any atom is 0.240 e. The molecule has 0 aliphatic rings. The van der Waals surface area contributed by atoms with Crippen molar-refractivity contribution in [3.8, 4) is 0 Å². The van der Waals surface area contributed by atoms with Crippen LogP contribution in [-0.4, -0.2) is 24.2 Å². The van der Waals surface area contributed by atoms with E-state index in [1.54, 1.807) is 42.2 Å². The molecule has 0 saturated heterocycles. The molecule has 19 heavy (non-hydrogen) atoms. The summed E-state index contributed by atoms with van der Waals surface area (Å²) in [4.78, 5) is 0.203. The van der Waals surface area contributed by atoms with Crippen LogP contribution in [0, 0.1) is 0 Å². The van der Waals surface area contributed by atoms with E-state index in [4.69, 9.17) is 5.73 Å². The first-order valence-electron chi connectivity index (χ1n) is 5.83. The number of aromatic nitrogens is 2. The van der Waals surface area contributed by atoms with E-state index < -0.39 is 10.0 Å². The maximum atomic E-state index is 12.1. The molecule has 1 aromatic carbocycles. The van der Waals surface area contributed by atoms with E-state index in [1.807, 2.05) is 0 Å². The quantitative estimate of drug-likeness (QED) is 0.794. The Bertz CT molecular complexity index is 620. The largest absolute Gasteiger partial charge is 0.399 e. The second kappa shape index (κ2) is 5.41. The molecule has 1 unspecified atom stereocenters. The van der Waals surface area contributed by atoms with E-state index >= 15 is 0 Å². The van der Waals surface area contributed by atoms with E-state index in [0.29, 0.717) is 12.2 Å². The Morgan fingerprint density at radius 1 is 1.37 bits per heavy atom. The maximum absolute atomic E-state index is 12.1. The first kappa shape index (κ1) is 13.6. The van der Waals surface area contributed by atoms with Gasteiger partial charge in [0.15, 0.2) is 0 Å². The number of hydrogen-bond donors (Lipinski definition) is 2. The summed E-state index contributed by atoms with van der Waals surface area (Å²) in [7, 11) is -3.53. The fourth-order valence-electron chi connectivity index (χ4n) is 1.71. The van der Waals surface area contributed by atoms with E-state index in [2.05, 4.69) is 9.82 Å². The summed E-state index contributed by atoms with van der Waals surface area (Å²) in [5.41, 5.74) is 6.07. The van der Waals surface area contributed by atoms with Gasteiger partial charge in [0.2, 0.25) is 10.0 Å². The van der Waals surface area contributed by atoms with Crippen molar-refractivity contribution >= 4 is 15.7 Å². The smallest absolute Gasteiger partial charge is 0.240 e. The molecule has 0 spiro atoms. The minimum atomic E-state index is -3.53. The zero-order chi connectivity index (χ0) is 13.9. The van der Waals surface area contributed by atoms with Crippen molar-refractivity contribution in [2.75, 3.05) is 5.73 Å². The van der Waals surface area contributed by atoms with E-state index in [1.165, 1.54) is 12.1 Å². The van der Waals surface area contributed by atoms with Crippen molar-refractivity contribution in [1.29, 1.82) is 0 Å². The van der Waals surface area contributed by atoms with Crippen molar-refractivity contribution in [2.24, 2.45) is 0 Å². The topological polar surface area (TPSA) is 90.0 Å². The van der Waals surface area contributed by atoms with Crippen molar-refractivity contribution in [3.05, 3.63) is 42.7 Å². The van der Waals surface area contributed by atoms with Crippen LogP contribution in [0.15, 0.2) is 47.6 Å². The summed E-state index contributed by atoms with van der Waals surface area (Å²) in [6.07, 6.45) is 3.44. The fourth-order valence-corrected chi connectivity index (χ4v) is 2.94. The van der Waals surface area contributed by atoms with Crippen LogP contribution >= 0.6 is 0 Å². The van der Waals surface area contributed by atoms with Crippen LogP contribution in [-0.2, 0) is 16.6 Å². The lowest BCUT2D eigenvalue weighted by Gasteiger charge is -2.14. The molecule has 102 valence electrons. The van der Waals surface area contributed by atoms with Crippen molar-refractivity contribution in [3.63, 3.8) is 0 Å². The second-order valence-electron chi connectivity index (χ2n) is 4.32. The molecule has 0 fully saturated rings. The van der Waals surface area contributed by atoms with Crippen molar-refractivity contribution < 1.29 is 8.42 Å². The minimum Gasteiger partial charge on any atom is -0.399 e. The second-order valence-corrected chi connectivity index (χ2v) is 6.03. The van der Waals surface area contributed by atoms with E-state index in [-0.39, 0.29) is 10.9 Å². The number of benzene rings is 1. The third-order valence-corrected chi connectivity index (χ3v) is 4.17. The molecule has 1 atom stereocenters. The van der Waals surface area contributed by atoms with Gasteiger partial charge >= 0.3 is 0 Å². The molecule has 2 rings (SSSR count). The molecular formula is C12H16N4O2S. The summed E-state index contributed by atoms with van der Waals surface area (Å²) in [5.74, 6) is 0. The lowest BCUT2D eigenvalue weighted by atomic mass is 10.3. The first-order valence-corrected chi connectivity index (χ1v) is 7.31. The third kappa shape index (κ3) is 3.55. The molecule has 1 aromatic heterocycles. The van der Waals surface area contributed by atoms with Gasteiger partial charge in [0.25, 0.3) is 0 Å². The molecule has 0 bridgehead atoms. The minimum absolute atomic E-state index is 0.203. The van der Waals surface area contributed by atoms with Crippen LogP contribution in [0.1, 0.15) is 6.92 Å². The first-order chi connectivity index (χ1) is 8.97. The molecule has 1 heterocycles. The number of hydrogen-bond acceptors (Lipinski definition) is 4. The van der Waals surface area contributed by atoms with Crippen LogP contribution < -0.4 is 10.5 Å². The molecule has 0 radical (unpaired) electrons. The molecule has 0 amide bonds. The number of sulfonamides is 1. The monoisotopic (exact) mass is 280 g/mol. The van der Waals surface area contributed by atoms with Gasteiger partial charge in [-0.25, -0.2) is 13.1 Å². The summed E-state index contributed by atoms with van der Waals surface area (Å²) in [6.45, 7) is 2.26. The molecular weight excluding hydrogens is 264 g/mol. The van der Waals surface area contributed by atoms with Crippen molar-refractivity contribution in [2.45, 2.75) is 24.4 Å². The Morgan fingerprint density at radius 3 is 2.63 bits per heavy atom. The number of nitrogen functional groups attached to an aromatic ring is 1. The standard InChI is InChI=1S/C12H16N4O2S/c1-10(9-16-8-2-7-14-16)15-19(17,18)12-5-3-11(13)4-6-12/h2-8,10,15H,9,13H2,1H3. The normalized spacial score (nSPS) is 13.3. The molecule has 0 saturated carbocycles. The Hall–Kier alpha value is -1.86. The van der Waals surface area contributed by atoms with Gasteiger partial charge in [0.1, 0.15) is 0 Å². The molecule has 6 nitrogen and oxygen atoms in total. The fraction of sp³-hybridized carbons (Fsp3) is 0.250. The summed E-state index contributed by atoms with van der Waals surface area (Å²) in [5, 5.41) is 4.04. The number of anilines is 1. The highest BCUT2D eigenvalue weighted by Gasteiger charge is 2.17. The summed E-state index contributed by atoms with van der Waals surface area (Å²) < 4.78 is 28.5. The average Bonchev–Trinajstić information content (AvgIpc) is 2.81. The lowest BCUT2D eigenvalue weighted by molar-refractivity contribution is 0.494. The van der Waals surface area contributed by atoms with Crippen LogP contribution in [0.5, 0.6) is 0 Å². The summed E-state index contributed by atoms with van der Waals surface area (Å²) in [6, 6.07) is 7.62. The predicted molar refractivity (Wildman–Crippen MR) is 72.9 cm³/mol. The third-order valence-electron chi connectivity index (χ3n) is 2.57. The predicted octanol–water partition coefficient (Wildman–Crippen LogP) is 0.832. The van der Waals surface area contributed by atoms with Crippen LogP contribution in [0.4, 0.5) is 5.69 Å². The van der Waals surface area contributed by atoms with Gasteiger partial charge in [-0.05, 0) is 37.3 Å². The van der Waals surface area contributed by atoms with Crippen LogP contribution in [0.3, 0.4) is 0 Å². The molecule has 7 heteroatoms. The van der Waals surface area contributed by atoms with Gasteiger partial charge in [0, 0.05) is 24.1 Å². The SMILES string of the molecule is CC(Cn1cccn1)NS(=O)(=O)c1ccc(N)cc1. The number of nitrogens with zero attached hydrogens (tertiary/aromatic N) is 2. The highest BCUT2D eigenvalue weighted by molar-refractivity contribution is 7.89. The zero-order valence-corrected chi connectivity index (χ0v) is 11.3. The number of nitrogens with two attached hydrogens (primary N) is 1. The van der Waals surface area contributed by atoms with Crippen molar-refractivity contribution in [1.82, 2.24) is 14.5 Å². The number of rotatable bonds is 5. The van der Waals surface area contributed by atoms with Gasteiger partial charge in [-0.3, -0.25) is 4.68 Å². The molecule has 0 aliphatic carbocycles. The Kier molecular flexibility index (Phi) is 3.87. The van der Waals surface area contributed by atoms with Gasteiger partial charge in [-0.15, -0.1) is 0 Å². The highest BCUT2D eigenvalue weighted by Crippen LogP contribution is 2.12. The molecule has 2 aromatic rings. The molecule has 3 N–H and O–H groups in total. The molecule has 0 aliphatic heterocycles. The van der Waals surface area contributed by atoms with E-state index in [9.17, 15) is 8.42 Å². The van der Waals surface area contributed by atoms with Crippen LogP contribution in [0.2, 0.25) is 0 Å². The zero-order valence-electron chi connectivity index (χ0n) is 10.5. The van der Waals surface area contributed by atoms with E-state index in [0.717, 1.165) is 0 Å². The van der Waals surface area contributed by atoms with Crippen LogP contribution in [0.25, 0.3) is 0 Å². The van der Waals surface area contributed by atoms with Gasteiger partial charge < -0.3 is 5.73 Å². The average molecular weight is 280 g/mol. The Balaban J connectivity index is 2.06. The lowest BCUT2D eigenvalue weighted by Crippen LogP contribution is -2.35.